The number of nitrogens with zero attached hydrogens (tertiary/aromatic N) is 6. The van der Waals surface area contributed by atoms with Crippen LogP contribution in [0.5, 0.6) is 0 Å². The maximum Gasteiger partial charge on any atom is 0.333 e. The molecule has 3 aromatic rings. The zero-order valence-corrected chi connectivity index (χ0v) is 20.5. The first kappa shape index (κ1) is 25.6. The summed E-state index contributed by atoms with van der Waals surface area (Å²) in [5.74, 6) is 5.41. The number of aromatic nitrogens is 4. The largest absolute Gasteiger partial charge is 0.459 e. The van der Waals surface area contributed by atoms with Gasteiger partial charge in [-0.15, -0.1) is 5.92 Å². The predicted molar refractivity (Wildman–Crippen MR) is 135 cm³/mol. The molecule has 0 radical (unpaired) electrons. The molecule has 1 aliphatic heterocycles. The molecule has 1 saturated heterocycles. The number of fused-ring (bicyclic) bond motifs is 1. The van der Waals surface area contributed by atoms with Crippen LogP contribution in [-0.4, -0.2) is 48.7 Å². The molecule has 194 valence electrons. The van der Waals surface area contributed by atoms with Crippen LogP contribution in [0, 0.1) is 22.0 Å². The highest BCUT2D eigenvalue weighted by Gasteiger charge is 2.26. The number of nitro groups is 1. The summed E-state index contributed by atoms with van der Waals surface area (Å²) in [5.41, 5.74) is 5.32. The van der Waals surface area contributed by atoms with E-state index in [0.717, 1.165) is 17.4 Å². The Morgan fingerprint density at radius 2 is 2.11 bits per heavy atom. The molecule has 0 spiro atoms. The first-order valence-electron chi connectivity index (χ1n) is 11.7. The fourth-order valence-electron chi connectivity index (χ4n) is 4.34. The van der Waals surface area contributed by atoms with Crippen LogP contribution in [0.4, 0.5) is 11.6 Å². The Bertz CT molecular complexity index is 1540. The van der Waals surface area contributed by atoms with Crippen molar-refractivity contribution in [2.24, 2.45) is 12.8 Å². The molecular formula is C24H27N7O6. The Balaban J connectivity index is 1.68. The van der Waals surface area contributed by atoms with Crippen LogP contribution >= 0.6 is 0 Å². The molecule has 0 bridgehead atoms. The van der Waals surface area contributed by atoms with Crippen molar-refractivity contribution >= 4 is 28.8 Å². The van der Waals surface area contributed by atoms with Crippen LogP contribution in [0.2, 0.25) is 0 Å². The van der Waals surface area contributed by atoms with Gasteiger partial charge in [0.2, 0.25) is 5.95 Å². The Kier molecular flexibility index (Phi) is 7.40. The monoisotopic (exact) mass is 509 g/mol. The van der Waals surface area contributed by atoms with Gasteiger partial charge in [-0.3, -0.25) is 28.8 Å². The summed E-state index contributed by atoms with van der Waals surface area (Å²) in [7, 11) is 1.48. The summed E-state index contributed by atoms with van der Waals surface area (Å²) in [6.07, 6.45) is 1.75. The van der Waals surface area contributed by atoms with E-state index in [1.165, 1.54) is 29.8 Å². The lowest BCUT2D eigenvalue weighted by Gasteiger charge is -2.31. The Hall–Kier alpha value is -4.44. The topological polar surface area (TPSA) is 161 Å². The van der Waals surface area contributed by atoms with Gasteiger partial charge in [0, 0.05) is 38.3 Å². The van der Waals surface area contributed by atoms with E-state index < -0.39 is 28.7 Å². The van der Waals surface area contributed by atoms with Gasteiger partial charge in [-0.25, -0.2) is 9.36 Å². The van der Waals surface area contributed by atoms with Crippen molar-refractivity contribution < 1.29 is 14.5 Å². The van der Waals surface area contributed by atoms with Crippen molar-refractivity contribution in [1.82, 2.24) is 18.7 Å². The number of aryl methyl sites for hydroxylation is 1. The number of non-ortho nitro benzene ring substituents is 1. The maximum absolute atomic E-state index is 13.5. The minimum Gasteiger partial charge on any atom is -0.459 e. The Morgan fingerprint density at radius 3 is 2.81 bits per heavy atom. The smallest absolute Gasteiger partial charge is 0.333 e. The third kappa shape index (κ3) is 5.24. The van der Waals surface area contributed by atoms with Gasteiger partial charge in [0.1, 0.15) is 13.2 Å². The molecule has 0 saturated carbocycles. The zero-order valence-electron chi connectivity index (χ0n) is 20.5. The number of rotatable bonds is 7. The third-order valence-electron chi connectivity index (χ3n) is 6.18. The van der Waals surface area contributed by atoms with Crippen LogP contribution in [0.15, 0.2) is 33.9 Å². The van der Waals surface area contributed by atoms with E-state index in [0.29, 0.717) is 24.6 Å². The van der Waals surface area contributed by atoms with Gasteiger partial charge in [0.05, 0.1) is 11.5 Å². The minimum absolute atomic E-state index is 0.0411. The van der Waals surface area contributed by atoms with Crippen molar-refractivity contribution in [1.29, 1.82) is 0 Å². The van der Waals surface area contributed by atoms with Crippen molar-refractivity contribution in [2.45, 2.75) is 45.5 Å². The van der Waals surface area contributed by atoms with Crippen LogP contribution in [0.1, 0.15) is 25.3 Å². The van der Waals surface area contributed by atoms with Crippen LogP contribution < -0.4 is 21.9 Å². The number of ether oxygens (including phenoxy) is 1. The molecule has 4 rings (SSSR count). The van der Waals surface area contributed by atoms with E-state index in [2.05, 4.69) is 16.8 Å². The van der Waals surface area contributed by atoms with E-state index in [1.54, 1.807) is 17.6 Å². The molecule has 0 amide bonds. The first-order chi connectivity index (χ1) is 17.7. The highest BCUT2D eigenvalue weighted by molar-refractivity contribution is 5.76. The molecule has 1 fully saturated rings. The molecule has 13 nitrogen and oxygen atoms in total. The lowest BCUT2D eigenvalue weighted by molar-refractivity contribution is -0.384. The van der Waals surface area contributed by atoms with Gasteiger partial charge in [0.15, 0.2) is 11.2 Å². The molecule has 2 N–H and O–H groups in total. The van der Waals surface area contributed by atoms with Crippen molar-refractivity contribution in [3.63, 3.8) is 0 Å². The first-order valence-corrected chi connectivity index (χ1v) is 11.7. The van der Waals surface area contributed by atoms with Crippen molar-refractivity contribution in [2.75, 3.05) is 18.0 Å². The van der Waals surface area contributed by atoms with Gasteiger partial charge >= 0.3 is 11.7 Å². The summed E-state index contributed by atoms with van der Waals surface area (Å²) in [4.78, 5) is 56.1. The molecule has 2 aromatic heterocycles. The number of esters is 1. The zero-order chi connectivity index (χ0) is 26.7. The summed E-state index contributed by atoms with van der Waals surface area (Å²) in [5, 5.41) is 11.0. The number of piperidine rings is 1. The minimum atomic E-state index is -0.841. The molecule has 37 heavy (non-hydrogen) atoms. The fraction of sp³-hybridized carbons (Fsp3) is 0.417. The number of nitro benzene ring substituents is 1. The third-order valence-corrected chi connectivity index (χ3v) is 6.18. The van der Waals surface area contributed by atoms with Crippen LogP contribution in [0.25, 0.3) is 11.2 Å². The van der Waals surface area contributed by atoms with E-state index in [1.807, 2.05) is 4.90 Å². The molecule has 3 heterocycles. The maximum atomic E-state index is 13.5. The molecule has 13 heteroatoms. The van der Waals surface area contributed by atoms with E-state index in [4.69, 9.17) is 10.5 Å². The summed E-state index contributed by atoms with van der Waals surface area (Å²) >= 11 is 0. The standard InChI is InChI=1S/C24H27N7O6/c1-3-4-11-29-20-21(26-23(29)28-10-6-8-17(25)13-28)27(2)24(34)30(22(20)33)14-19(32)37-15-16-7-5-9-18(12-16)31(35)36/h5,7,9,12,17H,6,8,10-11,13-15,25H2,1-2H3/t17-/m1/s1. The Labute approximate surface area is 211 Å². The van der Waals surface area contributed by atoms with Gasteiger partial charge in [-0.2, -0.15) is 4.98 Å². The highest BCUT2D eigenvalue weighted by atomic mass is 16.6. The van der Waals surface area contributed by atoms with Gasteiger partial charge in [0.25, 0.3) is 11.2 Å². The van der Waals surface area contributed by atoms with E-state index >= 15 is 0 Å². The number of imidazole rings is 1. The lowest BCUT2D eigenvalue weighted by atomic mass is 10.1. The second-order valence-electron chi connectivity index (χ2n) is 8.77. The normalized spacial score (nSPS) is 15.3. The highest BCUT2D eigenvalue weighted by Crippen LogP contribution is 2.23. The average Bonchev–Trinajstić information content (AvgIpc) is 3.27. The summed E-state index contributed by atoms with van der Waals surface area (Å²) in [6, 6.07) is 5.61. The number of nitrogens with two attached hydrogens (primary N) is 1. The number of hydrogen-bond acceptors (Lipinski definition) is 9. The number of benzene rings is 1. The molecule has 1 aromatic carbocycles. The van der Waals surface area contributed by atoms with Crippen molar-refractivity contribution in [3.05, 3.63) is 60.8 Å². The number of carbonyl (C=O) groups excluding carboxylic acids is 1. The van der Waals surface area contributed by atoms with Crippen LogP contribution in [-0.2, 0) is 36.3 Å². The lowest BCUT2D eigenvalue weighted by Crippen LogP contribution is -2.44. The van der Waals surface area contributed by atoms with Gasteiger partial charge in [-0.1, -0.05) is 18.1 Å². The van der Waals surface area contributed by atoms with Gasteiger partial charge in [-0.05, 0) is 25.3 Å². The van der Waals surface area contributed by atoms with Crippen LogP contribution in [0.3, 0.4) is 0 Å². The fourth-order valence-corrected chi connectivity index (χ4v) is 4.34. The average molecular weight is 510 g/mol. The molecular weight excluding hydrogens is 482 g/mol. The predicted octanol–water partition coefficient (Wildman–Crippen LogP) is 0.499. The van der Waals surface area contributed by atoms with E-state index in [-0.39, 0.29) is 36.0 Å². The summed E-state index contributed by atoms with van der Waals surface area (Å²) in [6.45, 7) is 2.21. The number of hydrogen-bond donors (Lipinski definition) is 1. The van der Waals surface area contributed by atoms with Crippen molar-refractivity contribution in [3.8, 4) is 11.8 Å². The molecule has 0 unspecified atom stereocenters. The van der Waals surface area contributed by atoms with Gasteiger partial charge < -0.3 is 15.4 Å². The summed E-state index contributed by atoms with van der Waals surface area (Å²) < 4.78 is 8.86. The second-order valence-corrected chi connectivity index (χ2v) is 8.77. The Morgan fingerprint density at radius 1 is 1.32 bits per heavy atom. The molecule has 1 atom stereocenters. The molecule has 1 aliphatic rings. The molecule has 0 aliphatic carbocycles. The SMILES string of the molecule is CC#CCn1c(N2CCC[C@@H](N)C2)nc2c1c(=O)n(CC(=O)OCc1cccc([N+](=O)[O-])c1)c(=O)n2C. The number of carbonyl (C=O) groups is 1. The second kappa shape index (κ2) is 10.7. The number of anilines is 1. The quantitative estimate of drug-likeness (QED) is 0.207. The van der Waals surface area contributed by atoms with E-state index in [9.17, 15) is 24.5 Å².